The molecule has 2 fully saturated rings. The van der Waals surface area contributed by atoms with Gasteiger partial charge >= 0.3 is 5.97 Å². The van der Waals surface area contributed by atoms with Crippen LogP contribution in [0.5, 0.6) is 0 Å². The summed E-state index contributed by atoms with van der Waals surface area (Å²) in [6.45, 7) is 12.4. The fourth-order valence-electron chi connectivity index (χ4n) is 6.46. The monoisotopic (exact) mass is 601 g/mol. The molecule has 1 atom stereocenters. The standard InChI is InChI=1S/C36H47N3O3S/c1-5-25-6-10-27(11-7-25)28-12-16-30(17-13-28)39-22-20-38(21-23-39)29-14-8-26(9-15-29)24-31(35(41)42)37-34(40)32-18-19-33(43-32)36(2,3)4/h8-9,12-19,25,27,31H,5-7,10-11,20-24H2,1-4H3,(H,37,40)(H,41,42)/t25?,27?,31-/m0/s1. The van der Waals surface area contributed by atoms with Crippen molar-refractivity contribution in [2.45, 2.75) is 83.6 Å². The van der Waals surface area contributed by atoms with Gasteiger partial charge in [0.2, 0.25) is 0 Å². The lowest BCUT2D eigenvalue weighted by Crippen LogP contribution is -2.46. The maximum Gasteiger partial charge on any atom is 0.326 e. The minimum atomic E-state index is -1.03. The molecule has 2 heterocycles. The first kappa shape index (κ1) is 31.1. The molecule has 2 N–H and O–H groups in total. The molecule has 0 bridgehead atoms. The highest BCUT2D eigenvalue weighted by atomic mass is 32.1. The smallest absolute Gasteiger partial charge is 0.326 e. The van der Waals surface area contributed by atoms with Crippen molar-refractivity contribution in [3.63, 3.8) is 0 Å². The molecule has 2 aliphatic rings. The highest BCUT2D eigenvalue weighted by Crippen LogP contribution is 2.37. The molecule has 7 heteroatoms. The van der Waals surface area contributed by atoms with Crippen molar-refractivity contribution in [3.05, 3.63) is 81.5 Å². The Balaban J connectivity index is 1.12. The largest absolute Gasteiger partial charge is 0.480 e. The van der Waals surface area contributed by atoms with Gasteiger partial charge in [-0.2, -0.15) is 0 Å². The van der Waals surface area contributed by atoms with Gasteiger partial charge in [-0.25, -0.2) is 4.79 Å². The van der Waals surface area contributed by atoms with Crippen LogP contribution >= 0.6 is 11.3 Å². The summed E-state index contributed by atoms with van der Waals surface area (Å²) in [6.07, 6.45) is 6.96. The number of hydrogen-bond acceptors (Lipinski definition) is 5. The molecule has 1 aromatic heterocycles. The number of thiophene rings is 1. The van der Waals surface area contributed by atoms with Gasteiger partial charge in [0.15, 0.2) is 0 Å². The van der Waals surface area contributed by atoms with E-state index in [0.29, 0.717) is 4.88 Å². The van der Waals surface area contributed by atoms with Crippen LogP contribution in [0.2, 0.25) is 0 Å². The van der Waals surface area contributed by atoms with Gasteiger partial charge < -0.3 is 20.2 Å². The number of carbonyl (C=O) groups is 2. The molecule has 1 saturated heterocycles. The summed E-state index contributed by atoms with van der Waals surface area (Å²) in [7, 11) is 0. The van der Waals surface area contributed by atoms with Crippen molar-refractivity contribution < 1.29 is 14.7 Å². The molecule has 6 nitrogen and oxygen atoms in total. The second kappa shape index (κ2) is 13.5. The van der Waals surface area contributed by atoms with Crippen molar-refractivity contribution in [2.75, 3.05) is 36.0 Å². The first-order valence-corrected chi connectivity index (χ1v) is 16.7. The van der Waals surface area contributed by atoms with Crippen LogP contribution in [0.1, 0.15) is 91.4 Å². The van der Waals surface area contributed by atoms with Crippen LogP contribution in [0.4, 0.5) is 11.4 Å². The lowest BCUT2D eigenvalue weighted by molar-refractivity contribution is -0.139. The Morgan fingerprint density at radius 2 is 1.42 bits per heavy atom. The predicted octanol–water partition coefficient (Wildman–Crippen LogP) is 7.48. The van der Waals surface area contributed by atoms with E-state index < -0.39 is 12.0 Å². The molecular weight excluding hydrogens is 554 g/mol. The zero-order chi connectivity index (χ0) is 30.6. The maximum atomic E-state index is 12.8. The molecule has 0 spiro atoms. The summed E-state index contributed by atoms with van der Waals surface area (Å²) in [4.78, 5) is 31.3. The first-order chi connectivity index (χ1) is 20.6. The number of carboxylic acids is 1. The number of hydrogen-bond donors (Lipinski definition) is 2. The topological polar surface area (TPSA) is 72.9 Å². The molecule has 0 radical (unpaired) electrons. The highest BCUT2D eigenvalue weighted by molar-refractivity contribution is 7.14. The third kappa shape index (κ3) is 7.80. The molecular formula is C36H47N3O3S. The van der Waals surface area contributed by atoms with Crippen molar-refractivity contribution in [2.24, 2.45) is 5.92 Å². The lowest BCUT2D eigenvalue weighted by Gasteiger charge is -2.37. The van der Waals surface area contributed by atoms with Gasteiger partial charge in [-0.05, 0) is 90.5 Å². The molecule has 1 amide bonds. The number of nitrogens with zero attached hydrogens (tertiary/aromatic N) is 2. The maximum absolute atomic E-state index is 12.8. The zero-order valence-corrected chi connectivity index (χ0v) is 27.0. The zero-order valence-electron chi connectivity index (χ0n) is 26.1. The van der Waals surface area contributed by atoms with Gasteiger partial charge in [-0.15, -0.1) is 11.3 Å². The Morgan fingerprint density at radius 3 is 1.91 bits per heavy atom. The number of aliphatic carboxylic acids is 1. The third-order valence-corrected chi connectivity index (χ3v) is 10.9. The van der Waals surface area contributed by atoms with E-state index in [1.807, 2.05) is 18.2 Å². The Kier molecular flexibility index (Phi) is 9.80. The van der Waals surface area contributed by atoms with E-state index in [9.17, 15) is 14.7 Å². The van der Waals surface area contributed by atoms with Crippen LogP contribution in [0, 0.1) is 5.92 Å². The Morgan fingerprint density at radius 1 is 0.860 bits per heavy atom. The van der Waals surface area contributed by atoms with E-state index in [2.05, 4.69) is 79.2 Å². The minimum absolute atomic E-state index is 0.0533. The number of anilines is 2. The normalized spacial score (nSPS) is 20.1. The summed E-state index contributed by atoms with van der Waals surface area (Å²) in [6, 6.07) is 20.2. The molecule has 1 aliphatic carbocycles. The van der Waals surface area contributed by atoms with E-state index in [-0.39, 0.29) is 17.7 Å². The second-order valence-corrected chi connectivity index (χ2v) is 14.4. The van der Waals surface area contributed by atoms with Crippen molar-refractivity contribution in [1.82, 2.24) is 5.32 Å². The van der Waals surface area contributed by atoms with E-state index in [0.717, 1.165) is 54.1 Å². The van der Waals surface area contributed by atoms with Gasteiger partial charge in [-0.3, -0.25) is 4.79 Å². The number of amides is 1. The van der Waals surface area contributed by atoms with Crippen molar-refractivity contribution in [1.29, 1.82) is 0 Å². The van der Waals surface area contributed by atoms with Gasteiger partial charge in [0.1, 0.15) is 6.04 Å². The van der Waals surface area contributed by atoms with Crippen LogP contribution in [-0.4, -0.2) is 49.2 Å². The number of nitrogens with one attached hydrogen (secondary N) is 1. The molecule has 230 valence electrons. The highest BCUT2D eigenvalue weighted by Gasteiger charge is 2.25. The number of benzene rings is 2. The molecule has 1 saturated carbocycles. The Bertz CT molecular complexity index is 1360. The van der Waals surface area contributed by atoms with Crippen molar-refractivity contribution >= 4 is 34.6 Å². The van der Waals surface area contributed by atoms with Gasteiger partial charge in [0, 0.05) is 48.9 Å². The van der Waals surface area contributed by atoms with E-state index in [1.54, 1.807) is 6.07 Å². The van der Waals surface area contributed by atoms with Crippen LogP contribution in [0.3, 0.4) is 0 Å². The molecule has 1 aliphatic heterocycles. The lowest BCUT2D eigenvalue weighted by atomic mass is 9.78. The molecule has 43 heavy (non-hydrogen) atoms. The van der Waals surface area contributed by atoms with Crippen LogP contribution < -0.4 is 15.1 Å². The van der Waals surface area contributed by atoms with Crippen LogP contribution in [-0.2, 0) is 16.6 Å². The minimum Gasteiger partial charge on any atom is -0.480 e. The number of carboxylic acid groups (broad SMARTS) is 1. The van der Waals surface area contributed by atoms with Crippen LogP contribution in [0.25, 0.3) is 0 Å². The molecule has 5 rings (SSSR count). The number of carbonyl (C=O) groups excluding carboxylic acids is 1. The summed E-state index contributed by atoms with van der Waals surface area (Å²) in [5, 5.41) is 12.5. The molecule has 3 aromatic rings. The number of piperazine rings is 1. The Labute approximate surface area is 261 Å². The van der Waals surface area contributed by atoms with Crippen LogP contribution in [0.15, 0.2) is 60.7 Å². The Hall–Kier alpha value is -3.32. The van der Waals surface area contributed by atoms with Gasteiger partial charge in [0.25, 0.3) is 5.91 Å². The fraction of sp³-hybridized carbons (Fsp3) is 0.500. The van der Waals surface area contributed by atoms with Gasteiger partial charge in [0.05, 0.1) is 4.88 Å². The summed E-state index contributed by atoms with van der Waals surface area (Å²) in [5.74, 6) is 0.284. The summed E-state index contributed by atoms with van der Waals surface area (Å²) >= 11 is 1.42. The average Bonchev–Trinajstić information content (AvgIpc) is 3.53. The van der Waals surface area contributed by atoms with E-state index >= 15 is 0 Å². The van der Waals surface area contributed by atoms with E-state index in [4.69, 9.17) is 0 Å². The second-order valence-electron chi connectivity index (χ2n) is 13.3. The average molecular weight is 602 g/mol. The third-order valence-electron chi connectivity index (χ3n) is 9.35. The first-order valence-electron chi connectivity index (χ1n) is 15.9. The van der Waals surface area contributed by atoms with Gasteiger partial charge in [-0.1, -0.05) is 58.4 Å². The quantitative estimate of drug-likeness (QED) is 0.266. The number of rotatable bonds is 9. The van der Waals surface area contributed by atoms with E-state index in [1.165, 1.54) is 54.7 Å². The predicted molar refractivity (Wildman–Crippen MR) is 178 cm³/mol. The summed E-state index contributed by atoms with van der Waals surface area (Å²) in [5.41, 5.74) is 4.79. The molecule has 2 aromatic carbocycles. The fourth-order valence-corrected chi connectivity index (χ4v) is 7.42. The summed E-state index contributed by atoms with van der Waals surface area (Å²) < 4.78 is 0. The van der Waals surface area contributed by atoms with Crippen molar-refractivity contribution in [3.8, 4) is 0 Å². The molecule has 0 unspecified atom stereocenters. The SMILES string of the molecule is CCC1CCC(c2ccc(N3CCN(c4ccc(C[C@H](NC(=O)c5ccc(C(C)(C)C)s5)C(=O)O)cc4)CC3)cc2)CC1.